The normalized spacial score (nSPS) is 17.7. The monoisotopic (exact) mass is 772 g/mol. The Morgan fingerprint density at radius 1 is 0.911 bits per heavy atom. The molecule has 3 fully saturated rings. The van der Waals surface area contributed by atoms with Crippen molar-refractivity contribution in [3.8, 4) is 22.3 Å². The number of nitrogens with two attached hydrogens (primary N) is 1. The molecular weight excluding hydrogens is 731 g/mol. The van der Waals surface area contributed by atoms with Crippen LogP contribution in [0.5, 0.6) is 0 Å². The lowest BCUT2D eigenvalue weighted by atomic mass is 9.84. The number of hydrogen-bond acceptors (Lipinski definition) is 8. The maximum Gasteiger partial charge on any atom is 0.258 e. The standard InChI is InChI=1S/C44H42ClFN6O4/c45-33-8-11-41(48-20-33)37-24-51(21-28-2-1-3-28)25-38(39(37)26-53)43(54)50-34-9-10-35(40(46)18-34)36-17-32(19-49-42(36)47)30-6-4-27(5-7-30)16-29-22-52(23-29)44(55)31-12-14-56-15-13-31/h4-11,17-20,24-25,28-29,31H,1-3,12-16,21-23H2,(H2,47,49)(H,50,54). The molecule has 56 heavy (non-hydrogen) atoms. The van der Waals surface area contributed by atoms with Gasteiger partial charge in [0.2, 0.25) is 5.91 Å². The van der Waals surface area contributed by atoms with Crippen molar-refractivity contribution in [2.24, 2.45) is 17.8 Å². The van der Waals surface area contributed by atoms with Crippen molar-refractivity contribution in [3.63, 3.8) is 0 Å². The van der Waals surface area contributed by atoms with Gasteiger partial charge in [-0.25, -0.2) is 14.2 Å². The van der Waals surface area contributed by atoms with E-state index in [-0.39, 0.29) is 40.0 Å². The number of anilines is 2. The van der Waals surface area contributed by atoms with Crippen LogP contribution in [0.15, 0.2) is 96.6 Å². The smallest absolute Gasteiger partial charge is 0.258 e. The molecule has 0 spiro atoms. The van der Waals surface area contributed by atoms with Crippen molar-refractivity contribution in [2.45, 2.75) is 38.5 Å². The fourth-order valence-corrected chi connectivity index (χ4v) is 7.95. The zero-order valence-corrected chi connectivity index (χ0v) is 31.6. The summed E-state index contributed by atoms with van der Waals surface area (Å²) in [6, 6.07) is 17.7. The molecular formula is C44H42ClFN6O4. The molecule has 2 amide bonds. The lowest BCUT2D eigenvalue weighted by molar-refractivity contribution is -0.145. The van der Waals surface area contributed by atoms with Crippen LogP contribution in [-0.2, 0) is 25.5 Å². The number of aromatic nitrogens is 2. The van der Waals surface area contributed by atoms with E-state index in [1.807, 2.05) is 40.1 Å². The van der Waals surface area contributed by atoms with E-state index in [4.69, 9.17) is 22.1 Å². The predicted molar refractivity (Wildman–Crippen MR) is 214 cm³/mol. The number of pyridine rings is 2. The summed E-state index contributed by atoms with van der Waals surface area (Å²) in [6.07, 6.45) is 12.4. The summed E-state index contributed by atoms with van der Waals surface area (Å²) in [5, 5.41) is 3.21. The van der Waals surface area contributed by atoms with E-state index in [1.165, 1.54) is 17.8 Å². The van der Waals surface area contributed by atoms with Gasteiger partial charge in [-0.1, -0.05) is 42.3 Å². The molecule has 4 aliphatic rings. The third kappa shape index (κ3) is 8.02. The van der Waals surface area contributed by atoms with Gasteiger partial charge in [0.25, 0.3) is 5.91 Å². The van der Waals surface area contributed by atoms with Crippen LogP contribution in [0.1, 0.15) is 43.4 Å². The maximum atomic E-state index is 15.9. The Kier molecular flexibility index (Phi) is 10.8. The summed E-state index contributed by atoms with van der Waals surface area (Å²) >= 11 is 6.07. The Bertz CT molecular complexity index is 2250. The summed E-state index contributed by atoms with van der Waals surface area (Å²) < 4.78 is 21.3. The van der Waals surface area contributed by atoms with Crippen molar-refractivity contribution < 1.29 is 23.5 Å². The Balaban J connectivity index is 0.944. The van der Waals surface area contributed by atoms with Crippen molar-refractivity contribution >= 4 is 46.4 Å². The molecule has 2 saturated heterocycles. The van der Waals surface area contributed by atoms with Gasteiger partial charge in [0, 0.05) is 91.5 Å². The second-order valence-electron chi connectivity index (χ2n) is 15.1. The second kappa shape index (κ2) is 16.2. The zero-order chi connectivity index (χ0) is 38.8. The van der Waals surface area contributed by atoms with Crippen molar-refractivity contribution in [1.82, 2.24) is 19.8 Å². The first kappa shape index (κ1) is 37.3. The number of likely N-dealkylation sites (tertiary alicyclic amines) is 1. The first-order valence-electron chi connectivity index (χ1n) is 19.1. The Morgan fingerprint density at radius 2 is 1.70 bits per heavy atom. The number of nitrogen functional groups attached to an aromatic ring is 1. The van der Waals surface area contributed by atoms with Gasteiger partial charge in [0.05, 0.1) is 21.9 Å². The molecule has 8 rings (SSSR count). The fraction of sp³-hybridized carbons (Fsp3) is 0.318. The number of allylic oxidation sites excluding steroid dienone is 1. The lowest BCUT2D eigenvalue weighted by Gasteiger charge is -2.41. The second-order valence-corrected chi connectivity index (χ2v) is 15.6. The van der Waals surface area contributed by atoms with E-state index in [9.17, 15) is 14.4 Å². The van der Waals surface area contributed by atoms with Gasteiger partial charge in [0.15, 0.2) is 0 Å². The molecule has 1 aliphatic carbocycles. The molecule has 0 radical (unpaired) electrons. The average Bonchev–Trinajstić information content (AvgIpc) is 3.18. The highest BCUT2D eigenvalue weighted by molar-refractivity contribution is 6.30. The van der Waals surface area contributed by atoms with Gasteiger partial charge >= 0.3 is 0 Å². The molecule has 3 aliphatic heterocycles. The Hall–Kier alpha value is -5.61. The highest BCUT2D eigenvalue weighted by atomic mass is 35.5. The number of benzene rings is 2. The molecule has 0 unspecified atom stereocenters. The van der Waals surface area contributed by atoms with Gasteiger partial charge in [-0.3, -0.25) is 14.6 Å². The van der Waals surface area contributed by atoms with Crippen molar-refractivity contribution in [2.75, 3.05) is 43.9 Å². The first-order valence-corrected chi connectivity index (χ1v) is 19.5. The third-order valence-electron chi connectivity index (χ3n) is 11.3. The van der Waals surface area contributed by atoms with Gasteiger partial charge in [0.1, 0.15) is 17.6 Å². The minimum absolute atomic E-state index is 0.0512. The third-order valence-corrected chi connectivity index (χ3v) is 11.5. The number of hydrogen-bond donors (Lipinski definition) is 2. The minimum atomic E-state index is -0.602. The van der Waals surface area contributed by atoms with Crippen molar-refractivity contribution in [1.29, 1.82) is 0 Å². The summed E-state index contributed by atoms with van der Waals surface area (Å²) in [4.78, 5) is 51.6. The summed E-state index contributed by atoms with van der Waals surface area (Å²) in [7, 11) is 0. The number of carbonyl (C=O) groups is 2. The number of rotatable bonds is 10. The van der Waals surface area contributed by atoms with Crippen LogP contribution in [0.2, 0.25) is 5.02 Å². The molecule has 1 saturated carbocycles. The molecule has 0 bridgehead atoms. The van der Waals surface area contributed by atoms with Crippen LogP contribution < -0.4 is 11.1 Å². The van der Waals surface area contributed by atoms with Crippen LogP contribution in [-0.4, -0.2) is 70.4 Å². The van der Waals surface area contributed by atoms with Crippen molar-refractivity contribution in [3.05, 3.63) is 119 Å². The maximum absolute atomic E-state index is 15.9. The largest absolute Gasteiger partial charge is 0.383 e. The number of halogens is 2. The number of nitrogens with one attached hydrogen (secondary N) is 1. The zero-order valence-electron chi connectivity index (χ0n) is 30.8. The quantitative estimate of drug-likeness (QED) is 0.160. The highest BCUT2D eigenvalue weighted by Crippen LogP contribution is 2.36. The fourth-order valence-electron chi connectivity index (χ4n) is 7.84. The topological polar surface area (TPSA) is 131 Å². The van der Waals surface area contributed by atoms with Crippen LogP contribution >= 0.6 is 11.6 Å². The number of carbonyl (C=O) groups excluding carboxylic acids is 3. The van der Waals surface area contributed by atoms with Gasteiger partial charge in [-0.2, -0.15) is 0 Å². The van der Waals surface area contributed by atoms with Crippen LogP contribution in [0, 0.1) is 23.6 Å². The van der Waals surface area contributed by atoms with Crippen LogP contribution in [0.3, 0.4) is 0 Å². The molecule has 4 aromatic rings. The summed E-state index contributed by atoms with van der Waals surface area (Å²) in [5.74, 6) is 2.18. The summed E-state index contributed by atoms with van der Waals surface area (Å²) in [6.45, 7) is 3.58. The van der Waals surface area contributed by atoms with Gasteiger partial charge < -0.3 is 25.6 Å². The molecule has 2 aromatic heterocycles. The van der Waals surface area contributed by atoms with Crippen LogP contribution in [0.25, 0.3) is 27.8 Å². The molecule has 12 heteroatoms. The Labute approximate surface area is 329 Å². The van der Waals surface area contributed by atoms with E-state index in [1.54, 1.807) is 36.7 Å². The van der Waals surface area contributed by atoms with E-state index in [0.29, 0.717) is 53.4 Å². The van der Waals surface area contributed by atoms with Gasteiger partial charge in [-0.05, 0) is 91.5 Å². The number of nitrogens with zero attached hydrogens (tertiary/aromatic N) is 4. The van der Waals surface area contributed by atoms with E-state index >= 15 is 4.39 Å². The molecule has 5 heterocycles. The molecule has 286 valence electrons. The SMILES string of the molecule is Nc1ncc(-c2ccc(CC3CN(C(=O)C4CCOCC4)C3)cc2)cc1-c1ccc(NC(=O)C2=CN(CC3CCC3)C=C(c3ccc(Cl)cn3)C2=C=O)cc1F. The van der Waals surface area contributed by atoms with E-state index in [0.717, 1.165) is 62.7 Å². The van der Waals surface area contributed by atoms with E-state index < -0.39 is 11.7 Å². The predicted octanol–water partition coefficient (Wildman–Crippen LogP) is 7.35. The number of amides is 2. The minimum Gasteiger partial charge on any atom is -0.383 e. The summed E-state index contributed by atoms with van der Waals surface area (Å²) in [5.41, 5.74) is 11.1. The molecule has 2 aromatic carbocycles. The molecule has 10 nitrogen and oxygen atoms in total. The molecule has 0 atom stereocenters. The first-order chi connectivity index (χ1) is 27.2. The van der Waals surface area contributed by atoms with Gasteiger partial charge in [-0.15, -0.1) is 0 Å². The number of ether oxygens (including phenoxy) is 1. The lowest BCUT2D eigenvalue weighted by Crippen LogP contribution is -2.53. The van der Waals surface area contributed by atoms with E-state index in [2.05, 4.69) is 27.4 Å². The van der Waals surface area contributed by atoms with Crippen LogP contribution in [0.4, 0.5) is 15.9 Å². The highest BCUT2D eigenvalue weighted by Gasteiger charge is 2.35. The molecule has 3 N–H and O–H groups in total. The Morgan fingerprint density at radius 3 is 2.38 bits per heavy atom. The average molecular weight is 773 g/mol.